The van der Waals surface area contributed by atoms with E-state index in [9.17, 15) is 4.79 Å². The molecule has 1 aliphatic heterocycles. The molecule has 1 saturated carbocycles. The highest BCUT2D eigenvalue weighted by molar-refractivity contribution is 7.11. The molecule has 0 bridgehead atoms. The van der Waals surface area contributed by atoms with Gasteiger partial charge < -0.3 is 9.42 Å². The number of aromatic nitrogens is 2. The number of rotatable bonds is 7. The third-order valence-corrected chi connectivity index (χ3v) is 6.77. The summed E-state index contributed by atoms with van der Waals surface area (Å²) in [5.74, 6) is 2.10. The number of carbonyl (C=O) groups excluding carboxylic acids is 1. The van der Waals surface area contributed by atoms with Gasteiger partial charge in [-0.1, -0.05) is 11.6 Å². The topological polar surface area (TPSA) is 62.5 Å². The van der Waals surface area contributed by atoms with E-state index in [-0.39, 0.29) is 11.9 Å². The van der Waals surface area contributed by atoms with Gasteiger partial charge in [-0.2, -0.15) is 4.98 Å². The van der Waals surface area contributed by atoms with Crippen LogP contribution in [0.1, 0.15) is 60.0 Å². The number of likely N-dealkylation sites (tertiary alicyclic amines) is 1. The fourth-order valence-corrected chi connectivity index (χ4v) is 4.94. The van der Waals surface area contributed by atoms with E-state index in [1.807, 2.05) is 16.2 Å². The third kappa shape index (κ3) is 4.41. The lowest BCUT2D eigenvalue weighted by Gasteiger charge is -2.27. The molecule has 0 aromatic carbocycles. The maximum Gasteiger partial charge on any atom is 0.229 e. The van der Waals surface area contributed by atoms with Crippen LogP contribution in [-0.4, -0.2) is 51.5 Å². The summed E-state index contributed by atoms with van der Waals surface area (Å²) < 4.78 is 5.40. The van der Waals surface area contributed by atoms with Gasteiger partial charge in [0.1, 0.15) is 0 Å². The summed E-state index contributed by atoms with van der Waals surface area (Å²) in [5, 5.41) is 4.12. The Kier molecular flexibility index (Phi) is 5.59. The summed E-state index contributed by atoms with van der Waals surface area (Å²) in [6.45, 7) is 7.44. The quantitative estimate of drug-likeness (QED) is 0.728. The van der Waals surface area contributed by atoms with Crippen molar-refractivity contribution in [2.24, 2.45) is 0 Å². The van der Waals surface area contributed by atoms with E-state index in [1.165, 1.54) is 16.2 Å². The highest BCUT2D eigenvalue weighted by Gasteiger charge is 2.30. The fourth-order valence-electron chi connectivity index (χ4n) is 4.01. The molecular weight excluding hydrogens is 360 g/mol. The van der Waals surface area contributed by atoms with Gasteiger partial charge in [-0.25, -0.2) is 0 Å². The second-order valence-electron chi connectivity index (χ2n) is 7.83. The van der Waals surface area contributed by atoms with Crippen LogP contribution in [0.5, 0.6) is 0 Å². The average Bonchev–Trinajstić information content (AvgIpc) is 3.29. The molecule has 0 N–H and O–H groups in total. The Morgan fingerprint density at radius 2 is 2.22 bits per heavy atom. The molecular formula is C20H28N4O2S. The van der Waals surface area contributed by atoms with Crippen molar-refractivity contribution in [1.29, 1.82) is 0 Å². The van der Waals surface area contributed by atoms with Crippen molar-refractivity contribution in [3.05, 3.63) is 33.6 Å². The van der Waals surface area contributed by atoms with E-state index in [4.69, 9.17) is 4.52 Å². The van der Waals surface area contributed by atoms with Crippen molar-refractivity contribution in [1.82, 2.24) is 19.9 Å². The predicted molar refractivity (Wildman–Crippen MR) is 105 cm³/mol. The summed E-state index contributed by atoms with van der Waals surface area (Å²) in [4.78, 5) is 24.0. The Morgan fingerprint density at radius 3 is 2.89 bits per heavy atom. The molecule has 6 nitrogen and oxygen atoms in total. The summed E-state index contributed by atoms with van der Waals surface area (Å²) in [6, 6.07) is 4.67. The van der Waals surface area contributed by atoms with Crippen molar-refractivity contribution >= 4 is 17.2 Å². The molecule has 2 aromatic rings. The van der Waals surface area contributed by atoms with E-state index < -0.39 is 0 Å². The number of aryl methyl sites for hydroxylation is 1. The molecule has 1 unspecified atom stereocenters. The first-order valence-corrected chi connectivity index (χ1v) is 10.8. The Balaban J connectivity index is 1.31. The first kappa shape index (κ1) is 18.6. The maximum absolute atomic E-state index is 12.2. The lowest BCUT2D eigenvalue weighted by atomic mass is 9.85. The molecule has 1 atom stereocenters. The van der Waals surface area contributed by atoms with Gasteiger partial charge in [-0.3, -0.25) is 9.69 Å². The highest BCUT2D eigenvalue weighted by atomic mass is 32.1. The molecule has 1 aliphatic carbocycles. The van der Waals surface area contributed by atoms with E-state index >= 15 is 0 Å². The van der Waals surface area contributed by atoms with E-state index in [2.05, 4.69) is 34.1 Å². The van der Waals surface area contributed by atoms with Crippen LogP contribution < -0.4 is 0 Å². The molecule has 2 aromatic heterocycles. The van der Waals surface area contributed by atoms with Crippen LogP contribution in [0.2, 0.25) is 0 Å². The fraction of sp³-hybridized carbons (Fsp3) is 0.650. The Hall–Kier alpha value is -1.73. The number of thiophene rings is 1. The normalized spacial score (nSPS) is 20.7. The molecule has 2 fully saturated rings. The van der Waals surface area contributed by atoms with Crippen LogP contribution in [0.15, 0.2) is 16.7 Å². The van der Waals surface area contributed by atoms with Crippen LogP contribution in [0.4, 0.5) is 0 Å². The minimum Gasteiger partial charge on any atom is -0.339 e. The molecule has 1 saturated heterocycles. The highest BCUT2D eigenvalue weighted by Crippen LogP contribution is 2.35. The van der Waals surface area contributed by atoms with Gasteiger partial charge in [0, 0.05) is 61.2 Å². The molecule has 1 amide bonds. The zero-order valence-corrected chi connectivity index (χ0v) is 17.0. The van der Waals surface area contributed by atoms with Gasteiger partial charge in [-0.05, 0) is 38.3 Å². The zero-order chi connectivity index (χ0) is 18.8. The van der Waals surface area contributed by atoms with Gasteiger partial charge in [0.25, 0.3) is 0 Å². The van der Waals surface area contributed by atoms with Gasteiger partial charge in [0.05, 0.1) is 0 Å². The predicted octanol–water partition coefficient (Wildman–Crippen LogP) is 3.37. The minimum absolute atomic E-state index is 0.136. The van der Waals surface area contributed by atoms with Crippen molar-refractivity contribution in [3.63, 3.8) is 0 Å². The van der Waals surface area contributed by atoms with Crippen LogP contribution in [0.25, 0.3) is 0 Å². The van der Waals surface area contributed by atoms with E-state index in [0.29, 0.717) is 18.9 Å². The van der Waals surface area contributed by atoms with Crippen molar-refractivity contribution in [2.75, 3.05) is 19.6 Å². The molecule has 4 rings (SSSR count). The average molecular weight is 389 g/mol. The first-order chi connectivity index (χ1) is 13.1. The largest absolute Gasteiger partial charge is 0.339 e. The summed E-state index contributed by atoms with van der Waals surface area (Å²) in [5.41, 5.74) is 0. The summed E-state index contributed by atoms with van der Waals surface area (Å²) in [6.07, 6.45) is 5.26. The van der Waals surface area contributed by atoms with Crippen LogP contribution in [0.3, 0.4) is 0 Å². The van der Waals surface area contributed by atoms with Gasteiger partial charge in [0.2, 0.25) is 11.8 Å². The third-order valence-electron chi connectivity index (χ3n) is 5.78. The van der Waals surface area contributed by atoms with Gasteiger partial charge in [-0.15, -0.1) is 11.3 Å². The van der Waals surface area contributed by atoms with Crippen LogP contribution in [-0.2, 0) is 17.8 Å². The summed E-state index contributed by atoms with van der Waals surface area (Å²) in [7, 11) is 0. The Bertz CT molecular complexity index is 783. The van der Waals surface area contributed by atoms with Crippen molar-refractivity contribution in [2.45, 2.75) is 64.5 Å². The number of hydrogen-bond donors (Lipinski definition) is 0. The Labute approximate surface area is 164 Å². The van der Waals surface area contributed by atoms with Crippen LogP contribution in [0, 0.1) is 6.92 Å². The SMILES string of the molecule is CC(=O)N(CCc1noc(C2CCC2)n1)C1CCN(Cc2ccc(C)s2)C1. The molecule has 0 spiro atoms. The lowest BCUT2D eigenvalue weighted by Crippen LogP contribution is -2.42. The zero-order valence-electron chi connectivity index (χ0n) is 16.2. The molecule has 146 valence electrons. The van der Waals surface area contributed by atoms with E-state index in [0.717, 1.165) is 50.6 Å². The lowest BCUT2D eigenvalue weighted by molar-refractivity contribution is -0.130. The van der Waals surface area contributed by atoms with Crippen LogP contribution >= 0.6 is 11.3 Å². The number of hydrogen-bond acceptors (Lipinski definition) is 6. The molecule has 3 heterocycles. The molecule has 2 aliphatic rings. The minimum atomic E-state index is 0.136. The Morgan fingerprint density at radius 1 is 1.37 bits per heavy atom. The van der Waals surface area contributed by atoms with Crippen molar-refractivity contribution in [3.8, 4) is 0 Å². The molecule has 0 radical (unpaired) electrons. The second-order valence-corrected chi connectivity index (χ2v) is 9.20. The number of carbonyl (C=O) groups is 1. The molecule has 7 heteroatoms. The maximum atomic E-state index is 12.2. The van der Waals surface area contributed by atoms with Crippen molar-refractivity contribution < 1.29 is 9.32 Å². The summed E-state index contributed by atoms with van der Waals surface area (Å²) >= 11 is 1.86. The van der Waals surface area contributed by atoms with Gasteiger partial charge >= 0.3 is 0 Å². The number of nitrogens with zero attached hydrogens (tertiary/aromatic N) is 4. The van der Waals surface area contributed by atoms with E-state index in [1.54, 1.807) is 6.92 Å². The van der Waals surface area contributed by atoms with Gasteiger partial charge in [0.15, 0.2) is 5.82 Å². The standard InChI is InChI=1S/C20H28N4O2S/c1-14-6-7-18(27-14)13-23-10-8-17(12-23)24(15(2)25)11-9-19-21-20(26-22-19)16-4-3-5-16/h6-7,16-17H,3-5,8-13H2,1-2H3. The smallest absolute Gasteiger partial charge is 0.229 e. The second kappa shape index (κ2) is 8.10. The number of amides is 1. The monoisotopic (exact) mass is 388 g/mol. The first-order valence-electron chi connectivity index (χ1n) is 9.96. The molecule has 27 heavy (non-hydrogen) atoms.